The topological polar surface area (TPSA) is 87.2 Å². The minimum atomic E-state index is -0.477. The van der Waals surface area contributed by atoms with Crippen molar-refractivity contribution in [3.63, 3.8) is 0 Å². The molecule has 0 saturated carbocycles. The molecule has 0 radical (unpaired) electrons. The molecule has 162 valence electrons. The second-order valence-electron chi connectivity index (χ2n) is 7.35. The van der Waals surface area contributed by atoms with Crippen LogP contribution in [0.4, 0.5) is 10.5 Å². The van der Waals surface area contributed by atoms with E-state index in [2.05, 4.69) is 46.4 Å². The summed E-state index contributed by atoms with van der Waals surface area (Å²) in [5.41, 5.74) is 1.76. The Morgan fingerprint density at radius 1 is 1.21 bits per heavy atom. The predicted octanol–water partition coefficient (Wildman–Crippen LogP) is 2.28. The number of rotatable bonds is 8. The van der Waals surface area contributed by atoms with E-state index >= 15 is 0 Å². The van der Waals surface area contributed by atoms with E-state index in [1.54, 1.807) is 0 Å². The van der Waals surface area contributed by atoms with Crippen LogP contribution in [-0.2, 0) is 16.0 Å². The van der Waals surface area contributed by atoms with Gasteiger partial charge in [0.25, 0.3) is 0 Å². The van der Waals surface area contributed by atoms with E-state index in [1.807, 2.05) is 24.3 Å². The second kappa shape index (κ2) is 12.3. The van der Waals surface area contributed by atoms with Gasteiger partial charge in [0.15, 0.2) is 5.96 Å². The third-order valence-corrected chi connectivity index (χ3v) is 4.91. The van der Waals surface area contributed by atoms with Crippen molar-refractivity contribution in [3.8, 4) is 0 Å². The lowest BCUT2D eigenvalue weighted by Gasteiger charge is -2.37. The molecule has 1 aromatic carbocycles. The quantitative estimate of drug-likeness (QED) is 0.454. The number of nitrogens with one attached hydrogen (secondary N) is 3. The zero-order valence-corrected chi connectivity index (χ0v) is 18.0. The molecule has 1 fully saturated rings. The van der Waals surface area contributed by atoms with Gasteiger partial charge < -0.3 is 20.1 Å². The maximum absolute atomic E-state index is 11.3. The minimum Gasteiger partial charge on any atom is -0.453 e. The molecule has 1 unspecified atom stereocenters. The van der Waals surface area contributed by atoms with Crippen molar-refractivity contribution in [2.45, 2.75) is 33.4 Å². The van der Waals surface area contributed by atoms with Crippen molar-refractivity contribution in [3.05, 3.63) is 29.8 Å². The average molecular weight is 406 g/mol. The van der Waals surface area contributed by atoms with Crippen LogP contribution in [0.25, 0.3) is 0 Å². The molecule has 0 aliphatic carbocycles. The Kier molecular flexibility index (Phi) is 9.73. The van der Waals surface area contributed by atoms with Crippen LogP contribution in [-0.4, -0.2) is 69.5 Å². The van der Waals surface area contributed by atoms with E-state index in [-0.39, 0.29) is 0 Å². The van der Waals surface area contributed by atoms with E-state index in [0.29, 0.717) is 24.2 Å². The largest absolute Gasteiger partial charge is 0.453 e. The third-order valence-electron chi connectivity index (χ3n) is 4.91. The predicted molar refractivity (Wildman–Crippen MR) is 116 cm³/mol. The number of benzene rings is 1. The number of methoxy groups -OCH3 is 1. The zero-order valence-electron chi connectivity index (χ0n) is 18.0. The number of morpholine rings is 1. The van der Waals surface area contributed by atoms with Crippen LogP contribution in [0, 0.1) is 5.92 Å². The number of ether oxygens (including phenoxy) is 2. The molecule has 1 amide bonds. The van der Waals surface area contributed by atoms with E-state index in [0.717, 1.165) is 50.9 Å². The summed E-state index contributed by atoms with van der Waals surface area (Å²) >= 11 is 0. The molecule has 0 bridgehead atoms. The lowest BCUT2D eigenvalue weighted by Crippen LogP contribution is -2.52. The van der Waals surface area contributed by atoms with Gasteiger partial charge in [-0.1, -0.05) is 26.0 Å². The van der Waals surface area contributed by atoms with Crippen LogP contribution in [0.3, 0.4) is 0 Å². The molecule has 0 spiro atoms. The number of aliphatic imine (C=N–C) groups is 1. The molecule has 29 heavy (non-hydrogen) atoms. The number of carbonyl (C=O) groups excluding carboxylic acids is 1. The molecule has 1 saturated heterocycles. The number of carbonyl (C=O) groups is 1. The summed E-state index contributed by atoms with van der Waals surface area (Å²) in [5.74, 6) is 1.35. The first-order chi connectivity index (χ1) is 14.0. The van der Waals surface area contributed by atoms with Crippen molar-refractivity contribution in [1.82, 2.24) is 15.5 Å². The summed E-state index contributed by atoms with van der Waals surface area (Å²) in [4.78, 5) is 18.5. The molecular formula is C21H35N5O3. The van der Waals surface area contributed by atoms with Crippen LogP contribution in [0.2, 0.25) is 0 Å². The van der Waals surface area contributed by atoms with Crippen LogP contribution < -0.4 is 16.0 Å². The van der Waals surface area contributed by atoms with Gasteiger partial charge in [-0.05, 0) is 30.5 Å². The molecule has 3 N–H and O–H groups in total. The smallest absolute Gasteiger partial charge is 0.411 e. The van der Waals surface area contributed by atoms with Gasteiger partial charge in [0.05, 0.1) is 26.9 Å². The van der Waals surface area contributed by atoms with Gasteiger partial charge in [-0.3, -0.25) is 10.2 Å². The van der Waals surface area contributed by atoms with Crippen LogP contribution >= 0.6 is 0 Å². The highest BCUT2D eigenvalue weighted by Crippen LogP contribution is 2.13. The number of hydrogen-bond donors (Lipinski definition) is 3. The van der Waals surface area contributed by atoms with Crippen molar-refractivity contribution in [2.75, 3.05) is 51.8 Å². The molecule has 1 aromatic rings. The van der Waals surface area contributed by atoms with Gasteiger partial charge in [-0.25, -0.2) is 9.79 Å². The van der Waals surface area contributed by atoms with Crippen molar-refractivity contribution >= 4 is 17.7 Å². The Balaban J connectivity index is 1.93. The standard InChI is InChI=1S/C21H35N5O3/c1-5-22-20(24-15-19(16(2)3)26-10-12-29-13-11-26)23-14-17-6-8-18(9-7-17)25-21(27)28-4/h6-9,16,19H,5,10-15H2,1-4H3,(H,25,27)(H2,22,23,24). The Morgan fingerprint density at radius 3 is 2.48 bits per heavy atom. The second-order valence-corrected chi connectivity index (χ2v) is 7.35. The summed E-state index contributed by atoms with van der Waals surface area (Å²) < 4.78 is 10.1. The average Bonchev–Trinajstić information content (AvgIpc) is 2.73. The normalized spacial score (nSPS) is 16.4. The monoisotopic (exact) mass is 405 g/mol. The summed E-state index contributed by atoms with van der Waals surface area (Å²) in [6.07, 6.45) is -0.477. The number of guanidine groups is 1. The number of hydrogen-bond acceptors (Lipinski definition) is 5. The molecule has 8 heteroatoms. The molecule has 8 nitrogen and oxygen atoms in total. The fraction of sp³-hybridized carbons (Fsp3) is 0.619. The van der Waals surface area contributed by atoms with Crippen LogP contribution in [0.1, 0.15) is 26.3 Å². The minimum absolute atomic E-state index is 0.437. The molecule has 1 aliphatic heterocycles. The Hall–Kier alpha value is -2.32. The number of amides is 1. The SMILES string of the molecule is CCNC(=NCc1ccc(NC(=O)OC)cc1)NCC(C(C)C)N1CCOCC1. The lowest BCUT2D eigenvalue weighted by atomic mass is 10.0. The fourth-order valence-corrected chi connectivity index (χ4v) is 3.27. The molecule has 2 rings (SSSR count). The number of nitrogens with zero attached hydrogens (tertiary/aromatic N) is 2. The van der Waals surface area contributed by atoms with E-state index in [4.69, 9.17) is 9.73 Å². The molecule has 1 atom stereocenters. The van der Waals surface area contributed by atoms with Crippen LogP contribution in [0.15, 0.2) is 29.3 Å². The zero-order chi connectivity index (χ0) is 21.1. The van der Waals surface area contributed by atoms with Crippen molar-refractivity contribution < 1.29 is 14.3 Å². The van der Waals surface area contributed by atoms with Gasteiger partial charge in [0.2, 0.25) is 0 Å². The Bertz CT molecular complexity index is 642. The highest BCUT2D eigenvalue weighted by atomic mass is 16.5. The Morgan fingerprint density at radius 2 is 1.90 bits per heavy atom. The Labute approximate surface area is 174 Å². The first-order valence-corrected chi connectivity index (χ1v) is 10.3. The van der Waals surface area contributed by atoms with E-state index < -0.39 is 6.09 Å². The van der Waals surface area contributed by atoms with E-state index in [1.165, 1.54) is 7.11 Å². The van der Waals surface area contributed by atoms with Gasteiger partial charge in [-0.15, -0.1) is 0 Å². The first kappa shape index (κ1) is 23.0. The van der Waals surface area contributed by atoms with Gasteiger partial charge >= 0.3 is 6.09 Å². The molecule has 0 aromatic heterocycles. The maximum Gasteiger partial charge on any atom is 0.411 e. The summed E-state index contributed by atoms with van der Waals surface area (Å²) in [6.45, 7) is 12.3. The van der Waals surface area contributed by atoms with Gasteiger partial charge in [-0.2, -0.15) is 0 Å². The fourth-order valence-electron chi connectivity index (χ4n) is 3.27. The third kappa shape index (κ3) is 7.91. The maximum atomic E-state index is 11.3. The van der Waals surface area contributed by atoms with E-state index in [9.17, 15) is 4.79 Å². The number of anilines is 1. The summed E-state index contributed by atoms with van der Waals surface area (Å²) in [5, 5.41) is 9.46. The van der Waals surface area contributed by atoms with Crippen molar-refractivity contribution in [1.29, 1.82) is 0 Å². The van der Waals surface area contributed by atoms with Gasteiger partial charge in [0.1, 0.15) is 0 Å². The van der Waals surface area contributed by atoms with Crippen LogP contribution in [0.5, 0.6) is 0 Å². The first-order valence-electron chi connectivity index (χ1n) is 10.3. The molecular weight excluding hydrogens is 370 g/mol. The molecule has 1 heterocycles. The highest BCUT2D eigenvalue weighted by molar-refractivity contribution is 5.84. The lowest BCUT2D eigenvalue weighted by molar-refractivity contribution is 0.00752. The molecule has 1 aliphatic rings. The highest BCUT2D eigenvalue weighted by Gasteiger charge is 2.23. The summed E-state index contributed by atoms with van der Waals surface area (Å²) in [6, 6.07) is 8.02. The summed E-state index contributed by atoms with van der Waals surface area (Å²) in [7, 11) is 1.34. The van der Waals surface area contributed by atoms with Gasteiger partial charge in [0, 0.05) is 37.9 Å². The van der Waals surface area contributed by atoms with Crippen molar-refractivity contribution in [2.24, 2.45) is 10.9 Å².